The van der Waals surface area contributed by atoms with Gasteiger partial charge in [0, 0.05) is 18.2 Å². The van der Waals surface area contributed by atoms with Gasteiger partial charge in [-0.2, -0.15) is 0 Å². The molecular formula is C23H21ClN6O4S3. The van der Waals surface area contributed by atoms with Crippen molar-refractivity contribution >= 4 is 59.8 Å². The van der Waals surface area contributed by atoms with Gasteiger partial charge in [0.05, 0.1) is 20.9 Å². The van der Waals surface area contributed by atoms with E-state index in [4.69, 9.17) is 11.6 Å². The third-order valence-electron chi connectivity index (χ3n) is 6.57. The predicted octanol–water partition coefficient (Wildman–Crippen LogP) is 3.95. The summed E-state index contributed by atoms with van der Waals surface area (Å²) in [6.07, 6.45) is 4.84. The Balaban J connectivity index is 1.33. The van der Waals surface area contributed by atoms with Crippen LogP contribution in [-0.2, 0) is 20.0 Å². The van der Waals surface area contributed by atoms with Gasteiger partial charge in [0.2, 0.25) is 10.0 Å². The molecule has 1 aliphatic rings. The van der Waals surface area contributed by atoms with E-state index >= 15 is 0 Å². The molecule has 1 saturated carbocycles. The standard InChI is InChI=1S/C23H21ClN6O4S3/c1-14-2-6-17(7-3-14)37(33,34)29-11-10-18-23(29)25-13-20-26-27-22(30(18)20)15-4-5-16(12-15)28-36(31,32)21-9-8-19(24)35-21/h2-3,6-11,13,15-16,28H,4-5,12H2,1H3/t15-,16+/m1/s1. The maximum atomic E-state index is 13.3. The van der Waals surface area contributed by atoms with Crippen molar-refractivity contribution < 1.29 is 16.8 Å². The number of benzene rings is 1. The average molecular weight is 577 g/mol. The number of sulfonamides is 1. The van der Waals surface area contributed by atoms with Crippen LogP contribution in [0.1, 0.15) is 36.6 Å². The lowest BCUT2D eigenvalue weighted by atomic mass is 10.1. The molecule has 192 valence electrons. The second-order valence-electron chi connectivity index (χ2n) is 9.04. The summed E-state index contributed by atoms with van der Waals surface area (Å²) in [6.45, 7) is 1.89. The first-order valence-corrected chi connectivity index (χ1v) is 15.6. The maximum Gasteiger partial charge on any atom is 0.269 e. The van der Waals surface area contributed by atoms with E-state index < -0.39 is 20.0 Å². The summed E-state index contributed by atoms with van der Waals surface area (Å²) in [6, 6.07) is 11.1. The Kier molecular flexibility index (Phi) is 5.88. The molecule has 6 rings (SSSR count). The van der Waals surface area contributed by atoms with Crippen LogP contribution in [0.15, 0.2) is 64.0 Å². The highest BCUT2D eigenvalue weighted by atomic mass is 35.5. The van der Waals surface area contributed by atoms with Crippen LogP contribution >= 0.6 is 22.9 Å². The van der Waals surface area contributed by atoms with E-state index in [1.807, 2.05) is 11.3 Å². The fraction of sp³-hybridized carbons (Fsp3) is 0.261. The molecule has 4 aromatic heterocycles. The van der Waals surface area contributed by atoms with E-state index in [1.54, 1.807) is 36.4 Å². The van der Waals surface area contributed by atoms with Crippen LogP contribution < -0.4 is 4.72 Å². The van der Waals surface area contributed by atoms with Gasteiger partial charge >= 0.3 is 0 Å². The quantitative estimate of drug-likeness (QED) is 0.324. The van der Waals surface area contributed by atoms with Gasteiger partial charge in [0.15, 0.2) is 11.3 Å². The maximum absolute atomic E-state index is 13.3. The second-order valence-corrected chi connectivity index (χ2v) is 14.5. The molecule has 0 amide bonds. The van der Waals surface area contributed by atoms with Crippen LogP contribution in [-0.4, -0.2) is 46.4 Å². The molecule has 0 spiro atoms. The number of rotatable bonds is 6. The highest BCUT2D eigenvalue weighted by molar-refractivity contribution is 7.91. The Bertz CT molecular complexity index is 1860. The molecule has 14 heteroatoms. The zero-order chi connectivity index (χ0) is 25.9. The molecule has 0 bridgehead atoms. The van der Waals surface area contributed by atoms with Gasteiger partial charge in [-0.25, -0.2) is 30.5 Å². The molecule has 0 unspecified atom stereocenters. The van der Waals surface area contributed by atoms with Crippen LogP contribution in [0.2, 0.25) is 4.34 Å². The fourth-order valence-corrected chi connectivity index (χ4v) is 8.86. The number of hydrogen-bond acceptors (Lipinski definition) is 8. The molecule has 37 heavy (non-hydrogen) atoms. The summed E-state index contributed by atoms with van der Waals surface area (Å²) in [7, 11) is -7.53. The van der Waals surface area contributed by atoms with E-state index in [0.29, 0.717) is 40.6 Å². The minimum absolute atomic E-state index is 0.0720. The molecule has 0 aliphatic heterocycles. The number of aryl methyl sites for hydroxylation is 1. The summed E-state index contributed by atoms with van der Waals surface area (Å²) in [5.74, 6) is 0.575. The lowest BCUT2D eigenvalue weighted by molar-refractivity contribution is 0.548. The lowest BCUT2D eigenvalue weighted by Crippen LogP contribution is -2.32. The largest absolute Gasteiger partial charge is 0.274 e. The normalized spacial score (nSPS) is 18.8. The number of thiophene rings is 1. The number of nitrogens with one attached hydrogen (secondary N) is 1. The topological polar surface area (TPSA) is 128 Å². The van der Waals surface area contributed by atoms with Gasteiger partial charge in [-0.1, -0.05) is 29.3 Å². The Morgan fingerprint density at radius 3 is 2.54 bits per heavy atom. The van der Waals surface area contributed by atoms with Crippen molar-refractivity contribution in [2.24, 2.45) is 0 Å². The molecule has 2 atom stereocenters. The van der Waals surface area contributed by atoms with Crippen molar-refractivity contribution in [3.8, 4) is 0 Å². The lowest BCUT2D eigenvalue weighted by Gasteiger charge is -2.13. The van der Waals surface area contributed by atoms with Gasteiger partial charge in [-0.15, -0.1) is 21.5 Å². The first-order valence-electron chi connectivity index (χ1n) is 11.4. The van der Waals surface area contributed by atoms with Crippen molar-refractivity contribution in [2.75, 3.05) is 0 Å². The Hall–Kier alpha value is -2.84. The SMILES string of the molecule is Cc1ccc(S(=O)(=O)n2ccc3c2ncc2nnc([C@@H]4CC[C@H](NS(=O)(=O)c5ccc(Cl)s5)C4)n23)cc1. The molecule has 1 fully saturated rings. The van der Waals surface area contributed by atoms with Crippen molar-refractivity contribution in [3.63, 3.8) is 0 Å². The summed E-state index contributed by atoms with van der Waals surface area (Å²) in [5.41, 5.74) is 2.27. The van der Waals surface area contributed by atoms with E-state index in [2.05, 4.69) is 19.9 Å². The highest BCUT2D eigenvalue weighted by Crippen LogP contribution is 2.36. The number of fused-ring (bicyclic) bond motifs is 3. The Labute approximate surface area is 222 Å². The zero-order valence-electron chi connectivity index (χ0n) is 19.4. The highest BCUT2D eigenvalue weighted by Gasteiger charge is 2.33. The molecule has 0 radical (unpaired) electrons. The molecule has 1 N–H and O–H groups in total. The van der Waals surface area contributed by atoms with Crippen molar-refractivity contribution in [1.82, 2.24) is 28.3 Å². The van der Waals surface area contributed by atoms with Gasteiger partial charge in [0.1, 0.15) is 10.0 Å². The van der Waals surface area contributed by atoms with Crippen LogP contribution in [0.5, 0.6) is 0 Å². The fourth-order valence-electron chi connectivity index (χ4n) is 4.78. The van der Waals surface area contributed by atoms with Crippen LogP contribution in [0, 0.1) is 6.92 Å². The smallest absolute Gasteiger partial charge is 0.269 e. The van der Waals surface area contributed by atoms with E-state index in [1.165, 1.54) is 18.5 Å². The van der Waals surface area contributed by atoms with Gasteiger partial charge in [0.25, 0.3) is 10.0 Å². The van der Waals surface area contributed by atoms with Crippen LogP contribution in [0.3, 0.4) is 0 Å². The minimum Gasteiger partial charge on any atom is -0.274 e. The van der Waals surface area contributed by atoms with Gasteiger partial charge in [-0.3, -0.25) is 4.40 Å². The van der Waals surface area contributed by atoms with Crippen molar-refractivity contribution in [1.29, 1.82) is 0 Å². The first kappa shape index (κ1) is 24.5. The molecule has 10 nitrogen and oxygen atoms in total. The van der Waals surface area contributed by atoms with E-state index in [-0.39, 0.29) is 26.7 Å². The van der Waals surface area contributed by atoms with Gasteiger partial charge in [-0.05, 0) is 56.5 Å². The third kappa shape index (κ3) is 4.24. The zero-order valence-corrected chi connectivity index (χ0v) is 22.6. The summed E-state index contributed by atoms with van der Waals surface area (Å²) >= 11 is 6.92. The molecule has 5 aromatic rings. The number of nitrogens with zero attached hydrogens (tertiary/aromatic N) is 5. The Morgan fingerprint density at radius 1 is 1.03 bits per heavy atom. The predicted molar refractivity (Wildman–Crippen MR) is 140 cm³/mol. The molecular weight excluding hydrogens is 556 g/mol. The van der Waals surface area contributed by atoms with E-state index in [0.717, 1.165) is 20.9 Å². The van der Waals surface area contributed by atoms with Crippen molar-refractivity contribution in [2.45, 2.75) is 47.3 Å². The summed E-state index contributed by atoms with van der Waals surface area (Å²) in [5, 5.41) is 8.62. The van der Waals surface area contributed by atoms with Gasteiger partial charge < -0.3 is 0 Å². The average Bonchev–Trinajstić information content (AvgIpc) is 3.64. The van der Waals surface area contributed by atoms with Crippen LogP contribution in [0.4, 0.5) is 0 Å². The molecule has 1 aliphatic carbocycles. The summed E-state index contributed by atoms with van der Waals surface area (Å²) in [4.78, 5) is 4.54. The summed E-state index contributed by atoms with van der Waals surface area (Å²) < 4.78 is 58.5. The minimum atomic E-state index is -3.86. The molecule has 1 aromatic carbocycles. The molecule has 0 saturated heterocycles. The number of aromatic nitrogens is 5. The molecule has 4 heterocycles. The van der Waals surface area contributed by atoms with Crippen molar-refractivity contribution in [3.05, 3.63) is 70.6 Å². The monoisotopic (exact) mass is 576 g/mol. The third-order valence-corrected chi connectivity index (χ3v) is 11.5. The van der Waals surface area contributed by atoms with Crippen LogP contribution in [0.25, 0.3) is 16.8 Å². The number of hydrogen-bond donors (Lipinski definition) is 1. The Morgan fingerprint density at radius 2 is 1.81 bits per heavy atom. The van der Waals surface area contributed by atoms with E-state index in [9.17, 15) is 16.8 Å². The first-order chi connectivity index (χ1) is 17.6. The number of halogens is 1. The second kappa shape index (κ2) is 8.88.